The first kappa shape index (κ1) is 14.8. The van der Waals surface area contributed by atoms with Crippen molar-refractivity contribution < 1.29 is 18.0 Å². The molecule has 0 radical (unpaired) electrons. The number of anilines is 2. The molecule has 1 aromatic carbocycles. The highest BCUT2D eigenvalue weighted by atomic mass is 19.4. The fourth-order valence-electron chi connectivity index (χ4n) is 1.78. The SMILES string of the molecule is CNc1ccc(C(=O)Nc2ccncc2)cc1C(F)(F)F. The maximum absolute atomic E-state index is 12.9. The lowest BCUT2D eigenvalue weighted by atomic mass is 10.1. The van der Waals surface area contributed by atoms with Crippen LogP contribution in [0.2, 0.25) is 0 Å². The van der Waals surface area contributed by atoms with Crippen molar-refractivity contribution in [2.24, 2.45) is 0 Å². The number of halogens is 3. The van der Waals surface area contributed by atoms with Gasteiger partial charge in [0.15, 0.2) is 0 Å². The number of rotatable bonds is 3. The van der Waals surface area contributed by atoms with Crippen LogP contribution in [0.4, 0.5) is 24.5 Å². The fraction of sp³-hybridized carbons (Fsp3) is 0.143. The van der Waals surface area contributed by atoms with E-state index < -0.39 is 17.6 Å². The Kier molecular flexibility index (Phi) is 4.11. The minimum absolute atomic E-state index is 0.0712. The van der Waals surface area contributed by atoms with E-state index in [1.807, 2.05) is 0 Å². The van der Waals surface area contributed by atoms with Gasteiger partial charge >= 0.3 is 6.18 Å². The molecule has 0 aliphatic carbocycles. The Morgan fingerprint density at radius 2 is 1.81 bits per heavy atom. The van der Waals surface area contributed by atoms with Crippen molar-refractivity contribution in [3.63, 3.8) is 0 Å². The van der Waals surface area contributed by atoms with E-state index in [2.05, 4.69) is 15.6 Å². The number of alkyl halides is 3. The lowest BCUT2D eigenvalue weighted by molar-refractivity contribution is -0.136. The molecule has 0 spiro atoms. The summed E-state index contributed by atoms with van der Waals surface area (Å²) in [6.45, 7) is 0. The summed E-state index contributed by atoms with van der Waals surface area (Å²) >= 11 is 0. The molecule has 110 valence electrons. The Balaban J connectivity index is 2.30. The van der Waals surface area contributed by atoms with Crippen molar-refractivity contribution in [2.75, 3.05) is 17.7 Å². The normalized spacial score (nSPS) is 11.0. The third-order valence-corrected chi connectivity index (χ3v) is 2.79. The summed E-state index contributed by atoms with van der Waals surface area (Å²) in [5.74, 6) is -0.616. The van der Waals surface area contributed by atoms with E-state index in [9.17, 15) is 18.0 Å². The molecule has 1 heterocycles. The molecular weight excluding hydrogens is 283 g/mol. The molecule has 4 nitrogen and oxygen atoms in total. The zero-order valence-electron chi connectivity index (χ0n) is 11.0. The van der Waals surface area contributed by atoms with Gasteiger partial charge in [0, 0.05) is 36.4 Å². The third-order valence-electron chi connectivity index (χ3n) is 2.79. The second-order valence-corrected chi connectivity index (χ2v) is 4.20. The van der Waals surface area contributed by atoms with E-state index in [-0.39, 0.29) is 11.3 Å². The summed E-state index contributed by atoms with van der Waals surface area (Å²) in [7, 11) is 1.39. The molecule has 0 bridgehead atoms. The molecule has 1 amide bonds. The number of hydrogen-bond acceptors (Lipinski definition) is 3. The van der Waals surface area contributed by atoms with E-state index in [0.29, 0.717) is 5.69 Å². The van der Waals surface area contributed by atoms with Crippen LogP contribution in [0.25, 0.3) is 0 Å². The predicted octanol–water partition coefficient (Wildman–Crippen LogP) is 3.39. The van der Waals surface area contributed by atoms with Gasteiger partial charge in [-0.05, 0) is 30.3 Å². The number of nitrogens with zero attached hydrogens (tertiary/aromatic N) is 1. The highest BCUT2D eigenvalue weighted by molar-refractivity contribution is 6.04. The predicted molar refractivity (Wildman–Crippen MR) is 73.2 cm³/mol. The standard InChI is InChI=1S/C14H12F3N3O/c1-18-12-3-2-9(8-11(12)14(15,16)17)13(21)20-10-4-6-19-7-5-10/h2-8,18H,1H3,(H,19,20,21). The van der Waals surface area contributed by atoms with Crippen LogP contribution in [-0.4, -0.2) is 17.9 Å². The van der Waals surface area contributed by atoms with Crippen molar-refractivity contribution in [3.05, 3.63) is 53.9 Å². The van der Waals surface area contributed by atoms with Crippen molar-refractivity contribution in [2.45, 2.75) is 6.18 Å². The van der Waals surface area contributed by atoms with E-state index >= 15 is 0 Å². The molecule has 0 aliphatic heterocycles. The number of nitrogens with one attached hydrogen (secondary N) is 2. The number of aromatic nitrogens is 1. The molecule has 2 rings (SSSR count). The van der Waals surface area contributed by atoms with Crippen LogP contribution in [0.3, 0.4) is 0 Å². The number of benzene rings is 1. The van der Waals surface area contributed by atoms with Crippen molar-refractivity contribution in [1.29, 1.82) is 0 Å². The fourth-order valence-corrected chi connectivity index (χ4v) is 1.78. The highest BCUT2D eigenvalue weighted by Crippen LogP contribution is 2.35. The first-order chi connectivity index (χ1) is 9.91. The minimum atomic E-state index is -4.54. The molecule has 0 saturated carbocycles. The first-order valence-electron chi connectivity index (χ1n) is 6.02. The molecule has 1 aromatic heterocycles. The van der Waals surface area contributed by atoms with E-state index in [1.165, 1.54) is 31.6 Å². The summed E-state index contributed by atoms with van der Waals surface area (Å²) in [5.41, 5.74) is -0.574. The third kappa shape index (κ3) is 3.50. The van der Waals surface area contributed by atoms with Gasteiger partial charge in [-0.15, -0.1) is 0 Å². The Labute approximate surface area is 119 Å². The molecule has 2 aromatic rings. The summed E-state index contributed by atoms with van der Waals surface area (Å²) < 4.78 is 38.8. The Morgan fingerprint density at radius 3 is 2.38 bits per heavy atom. The molecule has 0 unspecified atom stereocenters. The molecule has 0 saturated heterocycles. The maximum Gasteiger partial charge on any atom is 0.418 e. The zero-order valence-corrected chi connectivity index (χ0v) is 11.0. The number of pyridine rings is 1. The van der Waals surface area contributed by atoms with Gasteiger partial charge < -0.3 is 10.6 Å². The lowest BCUT2D eigenvalue weighted by Gasteiger charge is -2.14. The van der Waals surface area contributed by atoms with Gasteiger partial charge in [0.1, 0.15) is 0 Å². The molecule has 7 heteroatoms. The van der Waals surface area contributed by atoms with Crippen molar-refractivity contribution in [1.82, 2.24) is 4.98 Å². The second kappa shape index (κ2) is 5.82. The van der Waals surface area contributed by atoms with Gasteiger partial charge in [-0.2, -0.15) is 13.2 Å². The lowest BCUT2D eigenvalue weighted by Crippen LogP contribution is -2.15. The quantitative estimate of drug-likeness (QED) is 0.912. The molecule has 0 fully saturated rings. The first-order valence-corrected chi connectivity index (χ1v) is 6.02. The average Bonchev–Trinajstić information content (AvgIpc) is 2.46. The molecule has 0 aliphatic rings. The Morgan fingerprint density at radius 1 is 1.14 bits per heavy atom. The van der Waals surface area contributed by atoms with Crippen molar-refractivity contribution >= 4 is 17.3 Å². The summed E-state index contributed by atoms with van der Waals surface area (Å²) in [6.07, 6.45) is -1.59. The largest absolute Gasteiger partial charge is 0.418 e. The zero-order chi connectivity index (χ0) is 15.5. The van der Waals surface area contributed by atoms with Gasteiger partial charge in [-0.3, -0.25) is 9.78 Å². The molecule has 0 atom stereocenters. The van der Waals surface area contributed by atoms with Gasteiger partial charge in [-0.1, -0.05) is 0 Å². The minimum Gasteiger partial charge on any atom is -0.388 e. The van der Waals surface area contributed by atoms with Crippen LogP contribution in [0.1, 0.15) is 15.9 Å². The van der Waals surface area contributed by atoms with Crippen LogP contribution < -0.4 is 10.6 Å². The number of hydrogen-bond donors (Lipinski definition) is 2. The van der Waals surface area contributed by atoms with Gasteiger partial charge in [0.05, 0.1) is 5.56 Å². The number of carbonyl (C=O) groups is 1. The Hall–Kier alpha value is -2.57. The van der Waals surface area contributed by atoms with Crippen LogP contribution in [0.15, 0.2) is 42.7 Å². The highest BCUT2D eigenvalue weighted by Gasteiger charge is 2.34. The summed E-state index contributed by atoms with van der Waals surface area (Å²) in [6, 6.07) is 6.47. The number of amides is 1. The van der Waals surface area contributed by atoms with E-state index in [0.717, 1.165) is 6.07 Å². The van der Waals surface area contributed by atoms with Crippen LogP contribution in [-0.2, 0) is 6.18 Å². The topological polar surface area (TPSA) is 54.0 Å². The second-order valence-electron chi connectivity index (χ2n) is 4.20. The van der Waals surface area contributed by atoms with Crippen LogP contribution in [0.5, 0.6) is 0 Å². The Bertz CT molecular complexity index is 642. The average molecular weight is 295 g/mol. The van der Waals surface area contributed by atoms with Gasteiger partial charge in [0.25, 0.3) is 5.91 Å². The van der Waals surface area contributed by atoms with E-state index in [1.54, 1.807) is 12.1 Å². The molecular formula is C14H12F3N3O. The van der Waals surface area contributed by atoms with Crippen molar-refractivity contribution in [3.8, 4) is 0 Å². The summed E-state index contributed by atoms with van der Waals surface area (Å²) in [4.78, 5) is 15.8. The summed E-state index contributed by atoms with van der Waals surface area (Å²) in [5, 5.41) is 4.97. The molecule has 2 N–H and O–H groups in total. The van der Waals surface area contributed by atoms with E-state index in [4.69, 9.17) is 0 Å². The van der Waals surface area contributed by atoms with Gasteiger partial charge in [-0.25, -0.2) is 0 Å². The monoisotopic (exact) mass is 295 g/mol. The van der Waals surface area contributed by atoms with Gasteiger partial charge in [0.2, 0.25) is 0 Å². The number of carbonyl (C=O) groups excluding carboxylic acids is 1. The van der Waals surface area contributed by atoms with Crippen LogP contribution in [0, 0.1) is 0 Å². The van der Waals surface area contributed by atoms with Crippen LogP contribution >= 0.6 is 0 Å². The smallest absolute Gasteiger partial charge is 0.388 e. The molecule has 21 heavy (non-hydrogen) atoms. The maximum atomic E-state index is 12.9.